The van der Waals surface area contributed by atoms with Crippen molar-refractivity contribution in [2.24, 2.45) is 17.8 Å². The number of carbonyl (C=O) groups is 1. The molecule has 10 heavy (non-hydrogen) atoms. The maximum Gasteiger partial charge on any atom is 0.120 e. The van der Waals surface area contributed by atoms with Crippen LogP contribution in [0.4, 0.5) is 0 Å². The summed E-state index contributed by atoms with van der Waals surface area (Å²) in [6.45, 7) is 2.45. The number of fused-ring (bicyclic) bond motifs is 1. The summed E-state index contributed by atoms with van der Waals surface area (Å²) < 4.78 is 0. The van der Waals surface area contributed by atoms with Gasteiger partial charge in [0.15, 0.2) is 0 Å². The van der Waals surface area contributed by atoms with Crippen LogP contribution in [0.1, 0.15) is 6.42 Å². The quantitative estimate of drug-likeness (QED) is 0.516. The van der Waals surface area contributed by atoms with Crippen LogP contribution >= 0.6 is 0 Å². The van der Waals surface area contributed by atoms with Crippen molar-refractivity contribution in [1.29, 1.82) is 0 Å². The first-order chi connectivity index (χ1) is 4.83. The third-order valence-electron chi connectivity index (χ3n) is 2.92. The zero-order valence-electron chi connectivity index (χ0n) is 6.29. The number of rotatable bonds is 2. The van der Waals surface area contributed by atoms with Gasteiger partial charge in [-0.05, 0) is 24.8 Å². The second kappa shape index (κ2) is 2.06. The molecule has 2 nitrogen and oxygen atoms in total. The zero-order chi connectivity index (χ0) is 7.14. The van der Waals surface area contributed by atoms with Crippen molar-refractivity contribution in [1.82, 2.24) is 4.90 Å². The highest BCUT2D eigenvalue weighted by Gasteiger charge is 2.53. The molecule has 0 amide bonds. The van der Waals surface area contributed by atoms with E-state index in [0.29, 0.717) is 0 Å². The molecule has 0 radical (unpaired) electrons. The van der Waals surface area contributed by atoms with Gasteiger partial charge in [0.25, 0.3) is 0 Å². The summed E-state index contributed by atoms with van der Waals surface area (Å²) in [6.07, 6.45) is 1.88. The van der Waals surface area contributed by atoms with Crippen LogP contribution in [0.15, 0.2) is 0 Å². The Labute approximate surface area is 61.2 Å². The third kappa shape index (κ3) is 0.788. The molecule has 2 heteroatoms. The highest BCUT2D eigenvalue weighted by Crippen LogP contribution is 2.52. The fourth-order valence-corrected chi connectivity index (χ4v) is 2.32. The lowest BCUT2D eigenvalue weighted by Crippen LogP contribution is -2.18. The minimum absolute atomic E-state index is 0.758. The summed E-state index contributed by atoms with van der Waals surface area (Å²) in [4.78, 5) is 12.5. The number of aldehydes is 1. The van der Waals surface area contributed by atoms with E-state index in [-0.39, 0.29) is 0 Å². The molecule has 0 aromatic carbocycles. The van der Waals surface area contributed by atoms with Gasteiger partial charge in [0.2, 0.25) is 0 Å². The smallest absolute Gasteiger partial charge is 0.120 e. The van der Waals surface area contributed by atoms with Gasteiger partial charge < -0.3 is 9.69 Å². The molecule has 2 rings (SSSR count). The van der Waals surface area contributed by atoms with E-state index in [9.17, 15) is 4.79 Å². The second-order valence-electron chi connectivity index (χ2n) is 3.62. The average molecular weight is 139 g/mol. The number of piperidine rings is 1. The van der Waals surface area contributed by atoms with Gasteiger partial charge in [-0.2, -0.15) is 0 Å². The van der Waals surface area contributed by atoms with Gasteiger partial charge in [0.05, 0.1) is 0 Å². The van der Waals surface area contributed by atoms with Crippen LogP contribution in [0, 0.1) is 17.8 Å². The van der Waals surface area contributed by atoms with E-state index in [4.69, 9.17) is 0 Å². The molecule has 0 bridgehead atoms. The number of nitrogens with zero attached hydrogens (tertiary/aromatic N) is 1. The minimum atomic E-state index is 0.758. The van der Waals surface area contributed by atoms with Gasteiger partial charge >= 0.3 is 0 Å². The molecule has 56 valence electrons. The fraction of sp³-hybridized carbons (Fsp3) is 0.875. The third-order valence-corrected chi connectivity index (χ3v) is 2.92. The average Bonchev–Trinajstić information content (AvgIpc) is 2.43. The molecule has 2 unspecified atom stereocenters. The van der Waals surface area contributed by atoms with Crippen LogP contribution in [0.25, 0.3) is 0 Å². The molecule has 1 saturated carbocycles. The van der Waals surface area contributed by atoms with Crippen LogP contribution in [-0.2, 0) is 4.79 Å². The van der Waals surface area contributed by atoms with E-state index >= 15 is 0 Å². The molecule has 1 aliphatic carbocycles. The molecule has 2 atom stereocenters. The first kappa shape index (κ1) is 6.35. The Morgan fingerprint density at radius 3 is 2.60 bits per heavy atom. The van der Waals surface area contributed by atoms with Crippen molar-refractivity contribution < 1.29 is 4.79 Å². The predicted molar refractivity (Wildman–Crippen MR) is 38.6 cm³/mol. The van der Waals surface area contributed by atoms with Gasteiger partial charge in [-0.25, -0.2) is 0 Å². The molecule has 0 spiro atoms. The second-order valence-corrected chi connectivity index (χ2v) is 3.62. The molecular formula is C8H13NO. The Morgan fingerprint density at radius 2 is 2.10 bits per heavy atom. The van der Waals surface area contributed by atoms with Gasteiger partial charge in [-0.3, -0.25) is 0 Å². The SMILES string of the molecule is CN1CC2C(CC=O)C2C1. The van der Waals surface area contributed by atoms with Crippen LogP contribution in [0.2, 0.25) is 0 Å². The fourth-order valence-electron chi connectivity index (χ4n) is 2.32. The Morgan fingerprint density at radius 1 is 1.50 bits per heavy atom. The van der Waals surface area contributed by atoms with Crippen molar-refractivity contribution >= 4 is 6.29 Å². The van der Waals surface area contributed by atoms with Crippen molar-refractivity contribution in [3.05, 3.63) is 0 Å². The van der Waals surface area contributed by atoms with Crippen LogP contribution in [-0.4, -0.2) is 31.3 Å². The number of hydrogen-bond donors (Lipinski definition) is 0. The first-order valence-electron chi connectivity index (χ1n) is 3.95. The molecule has 0 aromatic heterocycles. The van der Waals surface area contributed by atoms with Crippen LogP contribution in [0.3, 0.4) is 0 Å². The molecular weight excluding hydrogens is 126 g/mol. The molecule has 1 aliphatic heterocycles. The Balaban J connectivity index is 1.86. The summed E-state index contributed by atoms with van der Waals surface area (Å²) in [7, 11) is 2.16. The summed E-state index contributed by atoms with van der Waals surface area (Å²) in [5.41, 5.74) is 0. The highest BCUT2D eigenvalue weighted by molar-refractivity contribution is 5.51. The highest BCUT2D eigenvalue weighted by atomic mass is 16.1. The Kier molecular flexibility index (Phi) is 1.31. The van der Waals surface area contributed by atoms with Crippen molar-refractivity contribution in [3.63, 3.8) is 0 Å². The van der Waals surface area contributed by atoms with Gasteiger partial charge in [0, 0.05) is 19.5 Å². The zero-order valence-corrected chi connectivity index (χ0v) is 6.29. The lowest BCUT2D eigenvalue weighted by Gasteiger charge is -2.10. The van der Waals surface area contributed by atoms with E-state index in [2.05, 4.69) is 11.9 Å². The van der Waals surface area contributed by atoms with E-state index in [1.54, 1.807) is 0 Å². The van der Waals surface area contributed by atoms with Crippen LogP contribution < -0.4 is 0 Å². The largest absolute Gasteiger partial charge is 0.306 e. The molecule has 1 saturated heterocycles. The minimum Gasteiger partial charge on any atom is -0.306 e. The summed E-state index contributed by atoms with van der Waals surface area (Å²) in [5.74, 6) is 2.50. The Bertz CT molecular complexity index is 145. The number of carbonyl (C=O) groups excluding carboxylic acids is 1. The summed E-state index contributed by atoms with van der Waals surface area (Å²) >= 11 is 0. The molecule has 2 aliphatic rings. The van der Waals surface area contributed by atoms with Gasteiger partial charge in [-0.1, -0.05) is 0 Å². The molecule has 0 aromatic rings. The van der Waals surface area contributed by atoms with Crippen LogP contribution in [0.5, 0.6) is 0 Å². The maximum atomic E-state index is 10.2. The van der Waals surface area contributed by atoms with Crippen molar-refractivity contribution in [2.45, 2.75) is 6.42 Å². The van der Waals surface area contributed by atoms with Crippen molar-refractivity contribution in [2.75, 3.05) is 20.1 Å². The first-order valence-corrected chi connectivity index (χ1v) is 3.95. The maximum absolute atomic E-state index is 10.2. The summed E-state index contributed by atoms with van der Waals surface area (Å²) in [5, 5.41) is 0. The van der Waals surface area contributed by atoms with Gasteiger partial charge in [-0.15, -0.1) is 0 Å². The molecule has 2 fully saturated rings. The molecule has 1 heterocycles. The van der Waals surface area contributed by atoms with E-state index < -0.39 is 0 Å². The monoisotopic (exact) mass is 139 g/mol. The normalized spacial score (nSPS) is 45.1. The van der Waals surface area contributed by atoms with E-state index in [0.717, 1.165) is 30.5 Å². The lowest BCUT2D eigenvalue weighted by atomic mass is 10.2. The molecule has 0 N–H and O–H groups in total. The van der Waals surface area contributed by atoms with Crippen molar-refractivity contribution in [3.8, 4) is 0 Å². The number of hydrogen-bond acceptors (Lipinski definition) is 2. The standard InChI is InChI=1S/C8H13NO/c1-9-4-7-6(2-3-10)8(7)5-9/h3,6-8H,2,4-5H2,1H3. The summed E-state index contributed by atoms with van der Waals surface area (Å²) in [6, 6.07) is 0. The van der Waals surface area contributed by atoms with Gasteiger partial charge in [0.1, 0.15) is 6.29 Å². The predicted octanol–water partition coefficient (Wildman–Crippen LogP) is 0.383. The Hall–Kier alpha value is -0.370. The topological polar surface area (TPSA) is 20.3 Å². The number of likely N-dealkylation sites (tertiary alicyclic amines) is 1. The lowest BCUT2D eigenvalue weighted by molar-refractivity contribution is -0.108. The van der Waals surface area contributed by atoms with E-state index in [1.165, 1.54) is 13.1 Å². The van der Waals surface area contributed by atoms with E-state index in [1.807, 2.05) is 0 Å².